The third-order valence-corrected chi connectivity index (χ3v) is 5.80. The van der Waals surface area contributed by atoms with Gasteiger partial charge in [0.15, 0.2) is 0 Å². The lowest BCUT2D eigenvalue weighted by atomic mass is 9.83. The third-order valence-electron chi connectivity index (χ3n) is 5.04. The summed E-state index contributed by atoms with van der Waals surface area (Å²) in [6.45, 7) is 3.69. The van der Waals surface area contributed by atoms with E-state index in [4.69, 9.17) is 39.5 Å². The van der Waals surface area contributed by atoms with Gasteiger partial charge in [0, 0.05) is 28.2 Å². The Morgan fingerprint density at radius 3 is 2.40 bits per heavy atom. The molecule has 3 aromatic rings. The van der Waals surface area contributed by atoms with Crippen molar-refractivity contribution in [2.45, 2.75) is 19.3 Å². The van der Waals surface area contributed by atoms with Gasteiger partial charge in [-0.15, -0.1) is 0 Å². The molecule has 30 heavy (non-hydrogen) atoms. The lowest BCUT2D eigenvalue weighted by Crippen LogP contribution is -2.41. The highest BCUT2D eigenvalue weighted by atomic mass is 35.5. The quantitative estimate of drug-likeness (QED) is 0.397. The molecule has 0 N–H and O–H groups in total. The summed E-state index contributed by atoms with van der Waals surface area (Å²) < 4.78 is 5.31. The van der Waals surface area contributed by atoms with Crippen LogP contribution in [0, 0.1) is 0 Å². The number of methoxy groups -OCH3 is 1. The number of hydrogen-bond donors (Lipinski definition) is 0. The summed E-state index contributed by atoms with van der Waals surface area (Å²) in [7, 11) is 3.27. The minimum Gasteiger partial charge on any atom is -0.497 e. The fourth-order valence-corrected chi connectivity index (χ4v) is 3.90. The Balaban J connectivity index is 2.07. The first-order valence-electron chi connectivity index (χ1n) is 9.19. The first-order valence-corrected chi connectivity index (χ1v) is 10.3. The Morgan fingerprint density at radius 2 is 1.73 bits per heavy atom. The number of hydrogen-bond acceptors (Lipinski definition) is 3. The van der Waals surface area contributed by atoms with Crippen LogP contribution in [0.15, 0.2) is 54.7 Å². The predicted molar refractivity (Wildman–Crippen MR) is 124 cm³/mol. The van der Waals surface area contributed by atoms with Crippen LogP contribution in [0.1, 0.15) is 19.4 Å². The molecule has 0 saturated carbocycles. The van der Waals surface area contributed by atoms with Crippen LogP contribution in [0.2, 0.25) is 15.2 Å². The van der Waals surface area contributed by atoms with Crippen LogP contribution in [0.5, 0.6) is 5.75 Å². The van der Waals surface area contributed by atoms with Crippen molar-refractivity contribution in [1.82, 2.24) is 4.98 Å². The molecular formula is C23H21Cl3N2O2. The van der Waals surface area contributed by atoms with Gasteiger partial charge in [0.2, 0.25) is 5.91 Å². The number of anilines is 1. The van der Waals surface area contributed by atoms with E-state index in [1.807, 2.05) is 38.1 Å². The van der Waals surface area contributed by atoms with Gasteiger partial charge in [-0.2, -0.15) is 0 Å². The molecule has 0 radical (unpaired) electrons. The highest BCUT2D eigenvalue weighted by Crippen LogP contribution is 2.38. The number of carbonyl (C=O) groups excluding carboxylic acids is 1. The van der Waals surface area contributed by atoms with Gasteiger partial charge in [0.05, 0.1) is 24.4 Å². The number of likely N-dealkylation sites (N-methyl/N-ethyl adjacent to an activating group) is 1. The van der Waals surface area contributed by atoms with Gasteiger partial charge < -0.3 is 9.64 Å². The molecule has 0 aliphatic heterocycles. The second kappa shape index (κ2) is 8.84. The Bertz CT molecular complexity index is 1100. The number of halogens is 3. The molecule has 0 atom stereocenters. The van der Waals surface area contributed by atoms with E-state index in [0.29, 0.717) is 26.6 Å². The van der Waals surface area contributed by atoms with Crippen LogP contribution >= 0.6 is 34.8 Å². The molecule has 0 fully saturated rings. The van der Waals surface area contributed by atoms with E-state index in [0.717, 1.165) is 16.7 Å². The molecule has 1 amide bonds. The van der Waals surface area contributed by atoms with Crippen LogP contribution in [0.25, 0.3) is 11.1 Å². The van der Waals surface area contributed by atoms with Crippen molar-refractivity contribution >= 4 is 46.4 Å². The maximum atomic E-state index is 13.6. The van der Waals surface area contributed by atoms with Gasteiger partial charge in [-0.25, -0.2) is 4.98 Å². The molecule has 1 heterocycles. The minimum atomic E-state index is -0.885. The smallest absolute Gasteiger partial charge is 0.236 e. The predicted octanol–water partition coefficient (Wildman–Crippen LogP) is 6.66. The molecular weight excluding hydrogens is 443 g/mol. The van der Waals surface area contributed by atoms with Crippen LogP contribution in [0.4, 0.5) is 5.69 Å². The van der Waals surface area contributed by atoms with Gasteiger partial charge in [-0.05, 0) is 49.7 Å². The lowest BCUT2D eigenvalue weighted by Gasteiger charge is -2.31. The Kier molecular flexibility index (Phi) is 6.61. The average molecular weight is 464 g/mol. The second-order valence-electron chi connectivity index (χ2n) is 7.37. The SMILES string of the molecule is COc1cc(Cl)cc(C(C)(C)C(=O)N(C)c2cnc(Cl)cc2-c2ccccc2Cl)c1. The van der Waals surface area contributed by atoms with Crippen LogP contribution in [-0.2, 0) is 10.2 Å². The van der Waals surface area contributed by atoms with Crippen LogP contribution in [0.3, 0.4) is 0 Å². The van der Waals surface area contributed by atoms with E-state index in [1.54, 1.807) is 49.5 Å². The van der Waals surface area contributed by atoms with E-state index in [-0.39, 0.29) is 5.91 Å². The van der Waals surface area contributed by atoms with E-state index >= 15 is 0 Å². The normalized spacial score (nSPS) is 11.3. The first kappa shape index (κ1) is 22.4. The number of ether oxygens (including phenoxy) is 1. The van der Waals surface area contributed by atoms with Gasteiger partial charge >= 0.3 is 0 Å². The molecule has 7 heteroatoms. The van der Waals surface area contributed by atoms with Crippen molar-refractivity contribution in [1.29, 1.82) is 0 Å². The molecule has 0 saturated heterocycles. The van der Waals surface area contributed by atoms with E-state index in [2.05, 4.69) is 4.98 Å². The molecule has 156 valence electrons. The zero-order chi connectivity index (χ0) is 22.1. The van der Waals surface area contributed by atoms with Crippen molar-refractivity contribution in [3.8, 4) is 16.9 Å². The van der Waals surface area contributed by atoms with Crippen LogP contribution in [-0.4, -0.2) is 25.0 Å². The van der Waals surface area contributed by atoms with Crippen molar-refractivity contribution in [3.05, 3.63) is 75.5 Å². The van der Waals surface area contributed by atoms with Gasteiger partial charge in [-0.1, -0.05) is 53.0 Å². The Labute approximate surface area is 191 Å². The lowest BCUT2D eigenvalue weighted by molar-refractivity contribution is -0.122. The molecule has 0 spiro atoms. The van der Waals surface area contributed by atoms with Gasteiger partial charge in [0.25, 0.3) is 0 Å². The molecule has 1 aromatic heterocycles. The number of benzene rings is 2. The van der Waals surface area contributed by atoms with E-state index < -0.39 is 5.41 Å². The Morgan fingerprint density at radius 1 is 1.03 bits per heavy atom. The summed E-state index contributed by atoms with van der Waals surface area (Å²) in [5, 5.41) is 1.37. The summed E-state index contributed by atoms with van der Waals surface area (Å²) in [5.74, 6) is 0.440. The fourth-order valence-electron chi connectivity index (χ4n) is 3.28. The number of amides is 1. The first-order chi connectivity index (χ1) is 14.1. The molecule has 0 bridgehead atoms. The largest absolute Gasteiger partial charge is 0.497 e. The molecule has 3 rings (SSSR count). The monoisotopic (exact) mass is 462 g/mol. The molecule has 0 unspecified atom stereocenters. The van der Waals surface area contributed by atoms with Crippen molar-refractivity contribution in [2.24, 2.45) is 0 Å². The standard InChI is InChI=1S/C23H21Cl3N2O2/c1-23(2,14-9-15(24)11-16(10-14)30-4)22(29)28(3)20-13-27-21(26)12-18(20)17-7-5-6-8-19(17)25/h5-13H,1-4H3. The topological polar surface area (TPSA) is 42.4 Å². The third kappa shape index (κ3) is 4.41. The molecule has 0 aliphatic carbocycles. The zero-order valence-electron chi connectivity index (χ0n) is 17.0. The van der Waals surface area contributed by atoms with Crippen molar-refractivity contribution in [2.75, 3.05) is 19.1 Å². The second-order valence-corrected chi connectivity index (χ2v) is 8.60. The number of nitrogens with zero attached hydrogens (tertiary/aromatic N) is 2. The number of aromatic nitrogens is 1. The summed E-state index contributed by atoms with van der Waals surface area (Å²) in [5.41, 5.74) is 1.94. The number of pyridine rings is 1. The molecule has 0 aliphatic rings. The molecule has 2 aromatic carbocycles. The van der Waals surface area contributed by atoms with E-state index in [9.17, 15) is 4.79 Å². The highest BCUT2D eigenvalue weighted by Gasteiger charge is 2.34. The Hall–Kier alpha value is -2.27. The van der Waals surface area contributed by atoms with E-state index in [1.165, 1.54) is 0 Å². The number of carbonyl (C=O) groups is 1. The summed E-state index contributed by atoms with van der Waals surface area (Å²) >= 11 is 18.8. The highest BCUT2D eigenvalue weighted by molar-refractivity contribution is 6.34. The summed E-state index contributed by atoms with van der Waals surface area (Å²) in [4.78, 5) is 19.3. The minimum absolute atomic E-state index is 0.149. The molecule has 4 nitrogen and oxygen atoms in total. The average Bonchev–Trinajstić information content (AvgIpc) is 2.72. The maximum absolute atomic E-state index is 13.6. The van der Waals surface area contributed by atoms with Crippen LogP contribution < -0.4 is 9.64 Å². The zero-order valence-corrected chi connectivity index (χ0v) is 19.3. The fraction of sp³-hybridized carbons (Fsp3) is 0.217. The summed E-state index contributed by atoms with van der Waals surface area (Å²) in [6.07, 6.45) is 1.58. The summed E-state index contributed by atoms with van der Waals surface area (Å²) in [6, 6.07) is 14.4. The van der Waals surface area contributed by atoms with Gasteiger partial charge in [0.1, 0.15) is 10.9 Å². The van der Waals surface area contributed by atoms with Crippen molar-refractivity contribution in [3.63, 3.8) is 0 Å². The van der Waals surface area contributed by atoms with Crippen molar-refractivity contribution < 1.29 is 9.53 Å². The van der Waals surface area contributed by atoms with Gasteiger partial charge in [-0.3, -0.25) is 4.79 Å². The number of rotatable bonds is 5. The maximum Gasteiger partial charge on any atom is 0.236 e.